The van der Waals surface area contributed by atoms with Crippen molar-refractivity contribution in [2.24, 2.45) is 17.4 Å². The van der Waals surface area contributed by atoms with Crippen molar-refractivity contribution in [1.82, 2.24) is 15.5 Å². The number of nitrogens with one attached hydrogen (secondary N) is 2. The Hall–Kier alpha value is -2.73. The number of hydrogen-bond acceptors (Lipinski definition) is 7. The van der Waals surface area contributed by atoms with E-state index in [4.69, 9.17) is 16.6 Å². The fourth-order valence-corrected chi connectivity index (χ4v) is 3.45. The molecule has 1 fully saturated rings. The molecule has 0 spiro atoms. The lowest BCUT2D eigenvalue weighted by Gasteiger charge is -2.29. The van der Waals surface area contributed by atoms with E-state index in [-0.39, 0.29) is 18.2 Å². The van der Waals surface area contributed by atoms with Crippen molar-refractivity contribution < 1.29 is 34.2 Å². The van der Waals surface area contributed by atoms with Gasteiger partial charge in [0.1, 0.15) is 18.1 Å². The molecule has 1 aliphatic heterocycles. The van der Waals surface area contributed by atoms with Gasteiger partial charge in [0.15, 0.2) is 0 Å². The second kappa shape index (κ2) is 13.0. The molecule has 4 unspecified atom stereocenters. The summed E-state index contributed by atoms with van der Waals surface area (Å²) in [6, 6.07) is -4.40. The van der Waals surface area contributed by atoms with Crippen LogP contribution in [0.15, 0.2) is 0 Å². The van der Waals surface area contributed by atoms with Gasteiger partial charge in [-0.25, -0.2) is 4.79 Å². The van der Waals surface area contributed by atoms with Crippen molar-refractivity contribution in [3.63, 3.8) is 0 Å². The van der Waals surface area contributed by atoms with Crippen molar-refractivity contribution in [2.75, 3.05) is 13.1 Å². The quantitative estimate of drug-likeness (QED) is 0.180. The first-order valence-corrected chi connectivity index (χ1v) is 10.8. The minimum absolute atomic E-state index is 0.115. The lowest BCUT2D eigenvalue weighted by Crippen LogP contribution is -2.57. The first-order chi connectivity index (χ1) is 15.0. The molecule has 0 bridgehead atoms. The fraction of sp³-hybridized carbons (Fsp3) is 0.750. The first kappa shape index (κ1) is 27.3. The Bertz CT molecular complexity index is 700. The van der Waals surface area contributed by atoms with E-state index < -0.39 is 54.3 Å². The molecule has 0 radical (unpaired) electrons. The van der Waals surface area contributed by atoms with Gasteiger partial charge in [-0.2, -0.15) is 0 Å². The number of nitrogens with zero attached hydrogens (tertiary/aromatic N) is 1. The molecule has 4 atom stereocenters. The van der Waals surface area contributed by atoms with E-state index in [2.05, 4.69) is 10.6 Å². The molecule has 0 saturated carbocycles. The van der Waals surface area contributed by atoms with Crippen LogP contribution in [0.1, 0.15) is 52.4 Å². The summed E-state index contributed by atoms with van der Waals surface area (Å²) in [4.78, 5) is 62.1. The van der Waals surface area contributed by atoms with Gasteiger partial charge in [-0.3, -0.25) is 19.2 Å². The molecule has 0 aromatic rings. The maximum Gasteiger partial charge on any atom is 0.326 e. The third-order valence-electron chi connectivity index (χ3n) is 5.42. The fourth-order valence-electron chi connectivity index (χ4n) is 3.45. The number of carbonyl (C=O) groups is 5. The predicted molar refractivity (Wildman–Crippen MR) is 114 cm³/mol. The number of likely N-dealkylation sites (tertiary alicyclic amines) is 1. The Labute approximate surface area is 187 Å². The van der Waals surface area contributed by atoms with Gasteiger partial charge >= 0.3 is 11.9 Å². The summed E-state index contributed by atoms with van der Waals surface area (Å²) in [7, 11) is 0. The molecule has 1 saturated heterocycles. The summed E-state index contributed by atoms with van der Waals surface area (Å²) in [5, 5.41) is 23.1. The SMILES string of the molecule is CC(C)C(N)C(=O)N1CCCC1C(=O)NC(CC(=O)O)C(=O)NC(CCCCN)C(=O)O. The van der Waals surface area contributed by atoms with Crippen LogP contribution in [0, 0.1) is 5.92 Å². The average Bonchev–Trinajstić information content (AvgIpc) is 3.20. The van der Waals surface area contributed by atoms with Crippen LogP contribution in [0.4, 0.5) is 0 Å². The van der Waals surface area contributed by atoms with Crippen LogP contribution in [0.25, 0.3) is 0 Å². The smallest absolute Gasteiger partial charge is 0.326 e. The van der Waals surface area contributed by atoms with Crippen molar-refractivity contribution in [1.29, 1.82) is 0 Å². The van der Waals surface area contributed by atoms with E-state index >= 15 is 0 Å². The zero-order valence-electron chi connectivity index (χ0n) is 18.6. The molecule has 0 aliphatic carbocycles. The Morgan fingerprint density at radius 1 is 1.06 bits per heavy atom. The number of amides is 3. The summed E-state index contributed by atoms with van der Waals surface area (Å²) in [5.41, 5.74) is 11.3. The topological polar surface area (TPSA) is 205 Å². The van der Waals surface area contributed by atoms with Crippen LogP contribution in [0.5, 0.6) is 0 Å². The van der Waals surface area contributed by atoms with Crippen LogP contribution in [0.2, 0.25) is 0 Å². The number of hydrogen-bond donors (Lipinski definition) is 6. The highest BCUT2D eigenvalue weighted by molar-refractivity contribution is 5.95. The highest BCUT2D eigenvalue weighted by atomic mass is 16.4. The number of carboxylic acids is 2. The van der Waals surface area contributed by atoms with E-state index in [1.165, 1.54) is 4.90 Å². The van der Waals surface area contributed by atoms with Crippen molar-refractivity contribution in [2.45, 2.75) is 76.5 Å². The van der Waals surface area contributed by atoms with Gasteiger partial charge in [0.05, 0.1) is 12.5 Å². The number of aliphatic carboxylic acids is 2. The van der Waals surface area contributed by atoms with Gasteiger partial charge in [0.2, 0.25) is 17.7 Å². The van der Waals surface area contributed by atoms with Gasteiger partial charge in [-0.05, 0) is 44.6 Å². The number of unbranched alkanes of at least 4 members (excludes halogenated alkanes) is 1. The van der Waals surface area contributed by atoms with Crippen molar-refractivity contribution >= 4 is 29.7 Å². The van der Waals surface area contributed by atoms with Gasteiger partial charge in [0.25, 0.3) is 0 Å². The molecular formula is C20H35N5O7. The molecule has 8 N–H and O–H groups in total. The Morgan fingerprint density at radius 2 is 1.72 bits per heavy atom. The molecule has 1 rings (SSSR count). The summed E-state index contributed by atoms with van der Waals surface area (Å²) in [6.07, 6.45) is 1.31. The van der Waals surface area contributed by atoms with Gasteiger partial charge in [-0.1, -0.05) is 13.8 Å². The minimum atomic E-state index is -1.49. The van der Waals surface area contributed by atoms with Gasteiger partial charge in [-0.15, -0.1) is 0 Å². The molecule has 1 aliphatic rings. The zero-order valence-corrected chi connectivity index (χ0v) is 18.6. The molecule has 12 nitrogen and oxygen atoms in total. The van der Waals surface area contributed by atoms with Crippen LogP contribution in [-0.2, 0) is 24.0 Å². The number of nitrogens with two attached hydrogens (primary N) is 2. The second-order valence-corrected chi connectivity index (χ2v) is 8.30. The van der Waals surface area contributed by atoms with E-state index in [1.54, 1.807) is 13.8 Å². The Morgan fingerprint density at radius 3 is 2.25 bits per heavy atom. The van der Waals surface area contributed by atoms with Crippen LogP contribution in [-0.4, -0.2) is 82.0 Å². The summed E-state index contributed by atoms with van der Waals surface area (Å²) in [6.45, 7) is 4.27. The summed E-state index contributed by atoms with van der Waals surface area (Å²) < 4.78 is 0. The second-order valence-electron chi connectivity index (χ2n) is 8.30. The Balaban J connectivity index is 2.89. The van der Waals surface area contributed by atoms with Crippen LogP contribution in [0.3, 0.4) is 0 Å². The lowest BCUT2D eigenvalue weighted by atomic mass is 10.0. The maximum absolute atomic E-state index is 12.8. The summed E-state index contributed by atoms with van der Waals surface area (Å²) >= 11 is 0. The van der Waals surface area contributed by atoms with E-state index in [0.29, 0.717) is 38.8 Å². The summed E-state index contributed by atoms with van der Waals surface area (Å²) in [5.74, 6) is -4.74. The standard InChI is InChI=1S/C20H35N5O7/c1-11(2)16(22)19(30)25-9-5-7-14(25)18(29)24-13(10-15(26)27)17(28)23-12(20(31)32)6-3-4-8-21/h11-14,16H,3-10,21-22H2,1-2H3,(H,23,28)(H,24,29)(H,26,27)(H,31,32). The largest absolute Gasteiger partial charge is 0.481 e. The number of carboxylic acid groups (broad SMARTS) is 2. The molecule has 0 aromatic carbocycles. The van der Waals surface area contributed by atoms with Gasteiger partial charge < -0.3 is 37.2 Å². The minimum Gasteiger partial charge on any atom is -0.481 e. The highest BCUT2D eigenvalue weighted by Gasteiger charge is 2.38. The predicted octanol–water partition coefficient (Wildman–Crippen LogP) is -1.38. The lowest BCUT2D eigenvalue weighted by molar-refractivity contribution is -0.145. The molecule has 32 heavy (non-hydrogen) atoms. The molecule has 3 amide bonds. The monoisotopic (exact) mass is 457 g/mol. The average molecular weight is 458 g/mol. The molecule has 0 aromatic heterocycles. The molecular weight excluding hydrogens is 422 g/mol. The van der Waals surface area contributed by atoms with E-state index in [0.717, 1.165) is 0 Å². The third-order valence-corrected chi connectivity index (χ3v) is 5.42. The normalized spacial score (nSPS) is 18.7. The first-order valence-electron chi connectivity index (χ1n) is 10.8. The third kappa shape index (κ3) is 8.08. The van der Waals surface area contributed by atoms with Crippen LogP contribution >= 0.6 is 0 Å². The Kier molecular flexibility index (Phi) is 11.1. The van der Waals surface area contributed by atoms with E-state index in [1.807, 2.05) is 0 Å². The van der Waals surface area contributed by atoms with E-state index in [9.17, 15) is 29.1 Å². The number of rotatable bonds is 13. The van der Waals surface area contributed by atoms with Gasteiger partial charge in [0, 0.05) is 6.54 Å². The van der Waals surface area contributed by atoms with Crippen molar-refractivity contribution in [3.8, 4) is 0 Å². The molecule has 1 heterocycles. The zero-order chi connectivity index (χ0) is 24.4. The number of carbonyl (C=O) groups excluding carboxylic acids is 3. The molecule has 182 valence electrons. The van der Waals surface area contributed by atoms with Crippen molar-refractivity contribution in [3.05, 3.63) is 0 Å². The molecule has 12 heteroatoms. The highest BCUT2D eigenvalue weighted by Crippen LogP contribution is 2.20. The van der Waals surface area contributed by atoms with Crippen LogP contribution < -0.4 is 22.1 Å². The maximum atomic E-state index is 12.8.